The summed E-state index contributed by atoms with van der Waals surface area (Å²) in [5, 5.41) is 0. The highest BCUT2D eigenvalue weighted by atomic mass is 16.7. The fourth-order valence-corrected chi connectivity index (χ4v) is 3.45. The van der Waals surface area contributed by atoms with Crippen LogP contribution in [0.4, 0.5) is 4.79 Å². The number of carbonyl (C=O) groups excluding carboxylic acids is 2. The second-order valence-corrected chi connectivity index (χ2v) is 8.20. The van der Waals surface area contributed by atoms with Crippen LogP contribution in [-0.4, -0.2) is 61.6 Å². The van der Waals surface area contributed by atoms with E-state index in [0.29, 0.717) is 19.4 Å². The molecular formula is C22H33NO6. The van der Waals surface area contributed by atoms with E-state index >= 15 is 0 Å². The molecule has 0 aliphatic carbocycles. The zero-order valence-corrected chi connectivity index (χ0v) is 18.1. The number of rotatable bonds is 9. The van der Waals surface area contributed by atoms with Crippen molar-refractivity contribution in [3.8, 4) is 0 Å². The molecule has 1 fully saturated rings. The highest BCUT2D eigenvalue weighted by Gasteiger charge is 2.41. The SMILES string of the molecule is COC(CCC(=O)[C@@H]1C[C@@H](OC(C)(C)C)CN1C(=O)OCc1ccccc1)OC. The predicted molar refractivity (Wildman–Crippen MR) is 108 cm³/mol. The fourth-order valence-electron chi connectivity index (χ4n) is 3.45. The second kappa shape index (κ2) is 10.7. The number of nitrogens with zero attached hydrogens (tertiary/aromatic N) is 1. The van der Waals surface area contributed by atoms with Crippen molar-refractivity contribution >= 4 is 11.9 Å². The number of hydrogen-bond donors (Lipinski definition) is 0. The van der Waals surface area contributed by atoms with Crippen LogP contribution in [0.15, 0.2) is 30.3 Å². The Hall–Kier alpha value is -1.96. The Morgan fingerprint density at radius 1 is 1.14 bits per heavy atom. The van der Waals surface area contributed by atoms with E-state index in [-0.39, 0.29) is 30.5 Å². The van der Waals surface area contributed by atoms with Gasteiger partial charge in [0.1, 0.15) is 6.61 Å². The van der Waals surface area contributed by atoms with Gasteiger partial charge in [-0.2, -0.15) is 0 Å². The molecule has 2 atom stereocenters. The Kier molecular flexibility index (Phi) is 8.61. The van der Waals surface area contributed by atoms with Gasteiger partial charge in [-0.05, 0) is 26.3 Å². The van der Waals surface area contributed by atoms with E-state index in [4.69, 9.17) is 18.9 Å². The number of methoxy groups -OCH3 is 2. The van der Waals surface area contributed by atoms with Gasteiger partial charge in [-0.1, -0.05) is 30.3 Å². The van der Waals surface area contributed by atoms with Crippen LogP contribution < -0.4 is 0 Å². The number of carbonyl (C=O) groups is 2. The number of Topliss-reactive ketones (excluding diaryl/α,β-unsaturated/α-hetero) is 1. The Balaban J connectivity index is 2.03. The summed E-state index contributed by atoms with van der Waals surface area (Å²) in [6.07, 6.45) is -0.0142. The van der Waals surface area contributed by atoms with E-state index in [0.717, 1.165) is 5.56 Å². The molecule has 0 saturated carbocycles. The van der Waals surface area contributed by atoms with Crippen molar-refractivity contribution in [1.29, 1.82) is 0 Å². The van der Waals surface area contributed by atoms with Crippen molar-refractivity contribution in [2.24, 2.45) is 0 Å². The summed E-state index contributed by atoms with van der Waals surface area (Å²) >= 11 is 0. The smallest absolute Gasteiger partial charge is 0.410 e. The van der Waals surface area contributed by atoms with Crippen molar-refractivity contribution in [3.05, 3.63) is 35.9 Å². The first-order chi connectivity index (χ1) is 13.7. The molecule has 1 aliphatic heterocycles. The predicted octanol–water partition coefficient (Wildman–Crippen LogP) is 3.55. The third-order valence-electron chi connectivity index (χ3n) is 4.75. The van der Waals surface area contributed by atoms with Gasteiger partial charge in [0.05, 0.1) is 24.3 Å². The average molecular weight is 408 g/mol. The first-order valence-corrected chi connectivity index (χ1v) is 9.97. The minimum absolute atomic E-state index is 0.0410. The molecule has 0 N–H and O–H groups in total. The molecule has 0 bridgehead atoms. The van der Waals surface area contributed by atoms with Gasteiger partial charge in [0.25, 0.3) is 0 Å². The van der Waals surface area contributed by atoms with Gasteiger partial charge < -0.3 is 18.9 Å². The van der Waals surface area contributed by atoms with Gasteiger partial charge >= 0.3 is 6.09 Å². The standard InChI is InChI=1S/C22H33NO6/c1-22(2,3)29-17-13-18(19(24)11-12-20(26-4)27-5)23(14-17)21(25)28-15-16-9-7-6-8-10-16/h6-10,17-18,20H,11-15H2,1-5H3/t17-,18+/m1/s1. The fraction of sp³-hybridized carbons (Fsp3) is 0.636. The zero-order chi connectivity index (χ0) is 21.4. The topological polar surface area (TPSA) is 74.3 Å². The van der Waals surface area contributed by atoms with E-state index in [1.807, 2.05) is 51.1 Å². The van der Waals surface area contributed by atoms with Crippen LogP contribution in [-0.2, 0) is 30.3 Å². The van der Waals surface area contributed by atoms with Gasteiger partial charge in [-0.25, -0.2) is 4.79 Å². The highest BCUT2D eigenvalue weighted by Crippen LogP contribution is 2.27. The first kappa shape index (κ1) is 23.3. The van der Waals surface area contributed by atoms with Gasteiger partial charge in [-0.15, -0.1) is 0 Å². The van der Waals surface area contributed by atoms with Gasteiger partial charge in [-0.3, -0.25) is 9.69 Å². The minimum atomic E-state index is -0.569. The number of ketones is 1. The molecule has 1 aliphatic rings. The number of likely N-dealkylation sites (tertiary alicyclic amines) is 1. The Morgan fingerprint density at radius 2 is 1.79 bits per heavy atom. The largest absolute Gasteiger partial charge is 0.445 e. The van der Waals surface area contributed by atoms with Crippen molar-refractivity contribution in [3.63, 3.8) is 0 Å². The van der Waals surface area contributed by atoms with E-state index in [1.54, 1.807) is 0 Å². The van der Waals surface area contributed by atoms with E-state index in [1.165, 1.54) is 19.1 Å². The Labute approximate surface area is 173 Å². The summed E-state index contributed by atoms with van der Waals surface area (Å²) in [6.45, 7) is 6.38. The van der Waals surface area contributed by atoms with E-state index in [9.17, 15) is 9.59 Å². The van der Waals surface area contributed by atoms with Gasteiger partial charge in [0.15, 0.2) is 12.1 Å². The molecule has 1 heterocycles. The second-order valence-electron chi connectivity index (χ2n) is 8.20. The molecule has 1 aromatic rings. The highest BCUT2D eigenvalue weighted by molar-refractivity contribution is 5.88. The van der Waals surface area contributed by atoms with Crippen molar-refractivity contribution in [2.45, 2.75) is 70.7 Å². The summed E-state index contributed by atoms with van der Waals surface area (Å²) in [6, 6.07) is 8.89. The maximum Gasteiger partial charge on any atom is 0.410 e. The summed E-state index contributed by atoms with van der Waals surface area (Å²) < 4.78 is 21.8. The van der Waals surface area contributed by atoms with Crippen LogP contribution >= 0.6 is 0 Å². The maximum absolute atomic E-state index is 12.9. The lowest BCUT2D eigenvalue weighted by Gasteiger charge is -2.25. The lowest BCUT2D eigenvalue weighted by molar-refractivity contribution is -0.130. The van der Waals surface area contributed by atoms with Crippen molar-refractivity contribution in [2.75, 3.05) is 20.8 Å². The Bertz CT molecular complexity index is 653. The van der Waals surface area contributed by atoms with E-state index < -0.39 is 18.4 Å². The average Bonchev–Trinajstić information content (AvgIpc) is 3.09. The molecule has 29 heavy (non-hydrogen) atoms. The van der Waals surface area contributed by atoms with Crippen LogP contribution in [0.2, 0.25) is 0 Å². The van der Waals surface area contributed by atoms with Crippen molar-refractivity contribution < 1.29 is 28.5 Å². The Morgan fingerprint density at radius 3 is 2.38 bits per heavy atom. The molecule has 0 spiro atoms. The summed E-state index contributed by atoms with van der Waals surface area (Å²) in [4.78, 5) is 27.1. The van der Waals surface area contributed by atoms with Crippen LogP contribution in [0.3, 0.4) is 0 Å². The lowest BCUT2D eigenvalue weighted by atomic mass is 10.0. The van der Waals surface area contributed by atoms with Gasteiger partial charge in [0, 0.05) is 33.5 Å². The van der Waals surface area contributed by atoms with Crippen LogP contribution in [0.1, 0.15) is 45.6 Å². The maximum atomic E-state index is 12.9. The molecule has 1 aromatic carbocycles. The number of ether oxygens (including phenoxy) is 4. The normalized spacial score (nSPS) is 19.6. The summed E-state index contributed by atoms with van der Waals surface area (Å²) in [7, 11) is 3.07. The molecule has 1 amide bonds. The van der Waals surface area contributed by atoms with Crippen LogP contribution in [0.5, 0.6) is 0 Å². The molecule has 0 radical (unpaired) electrons. The third kappa shape index (κ3) is 7.42. The number of benzene rings is 1. The third-order valence-corrected chi connectivity index (χ3v) is 4.75. The quantitative estimate of drug-likeness (QED) is 0.583. The lowest BCUT2D eigenvalue weighted by Crippen LogP contribution is -2.41. The molecule has 1 saturated heterocycles. The molecule has 162 valence electrons. The summed E-state index contributed by atoms with van der Waals surface area (Å²) in [5.41, 5.74) is 0.535. The minimum Gasteiger partial charge on any atom is -0.445 e. The molecule has 7 heteroatoms. The molecule has 2 rings (SSSR count). The summed E-state index contributed by atoms with van der Waals surface area (Å²) in [5.74, 6) is -0.0410. The number of hydrogen-bond acceptors (Lipinski definition) is 6. The molecule has 7 nitrogen and oxygen atoms in total. The monoisotopic (exact) mass is 407 g/mol. The molecule has 0 aromatic heterocycles. The molecular weight excluding hydrogens is 374 g/mol. The first-order valence-electron chi connectivity index (χ1n) is 9.97. The number of amides is 1. The van der Waals surface area contributed by atoms with E-state index in [2.05, 4.69) is 0 Å². The van der Waals surface area contributed by atoms with Crippen molar-refractivity contribution in [1.82, 2.24) is 4.90 Å². The molecule has 0 unspecified atom stereocenters. The zero-order valence-electron chi connectivity index (χ0n) is 18.1. The van der Waals surface area contributed by atoms with Crippen LogP contribution in [0, 0.1) is 0 Å². The van der Waals surface area contributed by atoms with Crippen LogP contribution in [0.25, 0.3) is 0 Å². The van der Waals surface area contributed by atoms with Gasteiger partial charge in [0.2, 0.25) is 0 Å².